The second-order valence-electron chi connectivity index (χ2n) is 4.31. The molecule has 0 bridgehead atoms. The summed E-state index contributed by atoms with van der Waals surface area (Å²) in [6, 6.07) is 0. The average molecular weight is 209 g/mol. The number of hydrogen-bond acceptors (Lipinski definition) is 2. The summed E-state index contributed by atoms with van der Waals surface area (Å²) in [6.07, 6.45) is -3.31. The Kier molecular flexibility index (Phi) is 2.47. The van der Waals surface area contributed by atoms with Crippen LogP contribution in [0.15, 0.2) is 0 Å². The minimum Gasteiger partial charge on any atom is -0.396 e. The Hall–Kier alpha value is -0.290. The van der Waals surface area contributed by atoms with E-state index < -0.39 is 12.7 Å². The molecule has 0 radical (unpaired) electrons. The number of alkyl halides is 3. The van der Waals surface area contributed by atoms with Crippen LogP contribution in [0.25, 0.3) is 0 Å². The summed E-state index contributed by atoms with van der Waals surface area (Å²) in [5.41, 5.74) is 0. The molecule has 82 valence electrons. The lowest BCUT2D eigenvalue weighted by Gasteiger charge is -2.20. The van der Waals surface area contributed by atoms with E-state index in [1.54, 1.807) is 0 Å². The second-order valence-corrected chi connectivity index (χ2v) is 4.31. The summed E-state index contributed by atoms with van der Waals surface area (Å²) >= 11 is 0. The van der Waals surface area contributed by atoms with E-state index in [9.17, 15) is 13.2 Å². The number of hydrogen-bond donors (Lipinski definition) is 1. The number of likely N-dealkylation sites (tertiary alicyclic amines) is 1. The molecule has 2 fully saturated rings. The van der Waals surface area contributed by atoms with Crippen molar-refractivity contribution in [2.24, 2.45) is 17.8 Å². The number of halogens is 3. The lowest BCUT2D eigenvalue weighted by molar-refractivity contribution is -0.145. The number of aliphatic hydroxyl groups excluding tert-OH is 1. The normalized spacial score (nSPS) is 37.3. The van der Waals surface area contributed by atoms with E-state index in [-0.39, 0.29) is 6.61 Å². The lowest BCUT2D eigenvalue weighted by atomic mass is 10.2. The van der Waals surface area contributed by atoms with Crippen LogP contribution in [0, 0.1) is 17.8 Å². The first-order valence-corrected chi connectivity index (χ1v) is 4.91. The van der Waals surface area contributed by atoms with Crippen LogP contribution in [-0.4, -0.2) is 42.4 Å². The Balaban J connectivity index is 1.74. The molecular weight excluding hydrogens is 195 g/mol. The Morgan fingerprint density at radius 2 is 1.79 bits per heavy atom. The Bertz CT molecular complexity index is 207. The topological polar surface area (TPSA) is 23.5 Å². The maximum Gasteiger partial charge on any atom is 0.401 e. The van der Waals surface area contributed by atoms with Gasteiger partial charge in [-0.05, 0) is 24.2 Å². The van der Waals surface area contributed by atoms with Gasteiger partial charge in [0.1, 0.15) is 0 Å². The summed E-state index contributed by atoms with van der Waals surface area (Å²) < 4.78 is 36.0. The third kappa shape index (κ3) is 2.03. The molecule has 1 heterocycles. The van der Waals surface area contributed by atoms with Crippen molar-refractivity contribution in [3.8, 4) is 0 Å². The standard InChI is InChI=1S/C9H14F3NO/c10-9(11,12)5-13-3-7-6(1-2-14)8(7)4-13/h6-8,14H,1-5H2. The molecule has 1 saturated carbocycles. The lowest BCUT2D eigenvalue weighted by Crippen LogP contribution is -2.34. The first-order valence-electron chi connectivity index (χ1n) is 4.91. The number of rotatable bonds is 3. The Labute approximate surface area is 80.7 Å². The summed E-state index contributed by atoms with van der Waals surface area (Å²) in [7, 11) is 0. The van der Waals surface area contributed by atoms with Crippen LogP contribution >= 0.6 is 0 Å². The van der Waals surface area contributed by atoms with Crippen LogP contribution in [0.1, 0.15) is 6.42 Å². The Morgan fingerprint density at radius 3 is 2.21 bits per heavy atom. The van der Waals surface area contributed by atoms with Gasteiger partial charge in [-0.25, -0.2) is 0 Å². The van der Waals surface area contributed by atoms with E-state index in [2.05, 4.69) is 0 Å². The molecule has 0 amide bonds. The fourth-order valence-electron chi connectivity index (χ4n) is 2.70. The first-order chi connectivity index (χ1) is 6.51. The molecule has 2 atom stereocenters. The monoisotopic (exact) mass is 209 g/mol. The molecule has 0 aromatic rings. The zero-order valence-corrected chi connectivity index (χ0v) is 7.80. The van der Waals surface area contributed by atoms with Gasteiger partial charge in [0.25, 0.3) is 0 Å². The summed E-state index contributed by atoms with van der Waals surface area (Å²) in [6.45, 7) is 0.520. The molecule has 14 heavy (non-hydrogen) atoms. The highest BCUT2D eigenvalue weighted by atomic mass is 19.4. The second kappa shape index (κ2) is 3.38. The van der Waals surface area contributed by atoms with Crippen LogP contribution in [0.4, 0.5) is 13.2 Å². The zero-order chi connectivity index (χ0) is 10.3. The van der Waals surface area contributed by atoms with Gasteiger partial charge in [0.15, 0.2) is 0 Å². The van der Waals surface area contributed by atoms with E-state index in [0.29, 0.717) is 30.8 Å². The highest BCUT2D eigenvalue weighted by Crippen LogP contribution is 2.53. The van der Waals surface area contributed by atoms with Gasteiger partial charge in [0, 0.05) is 19.7 Å². The molecule has 2 unspecified atom stereocenters. The van der Waals surface area contributed by atoms with Crippen LogP contribution in [-0.2, 0) is 0 Å². The van der Waals surface area contributed by atoms with Crippen molar-refractivity contribution in [2.45, 2.75) is 12.6 Å². The van der Waals surface area contributed by atoms with Crippen LogP contribution < -0.4 is 0 Å². The molecular formula is C9H14F3NO. The molecule has 1 aliphatic heterocycles. The molecule has 1 N–H and O–H groups in total. The highest BCUT2D eigenvalue weighted by molar-refractivity contribution is 5.04. The molecule has 0 aromatic heterocycles. The van der Waals surface area contributed by atoms with Gasteiger partial charge in [-0.1, -0.05) is 0 Å². The number of nitrogens with zero attached hydrogens (tertiary/aromatic N) is 1. The van der Waals surface area contributed by atoms with E-state index in [1.807, 2.05) is 0 Å². The highest BCUT2D eigenvalue weighted by Gasteiger charge is 2.55. The predicted molar refractivity (Wildman–Crippen MR) is 44.7 cm³/mol. The molecule has 1 aliphatic carbocycles. The van der Waals surface area contributed by atoms with E-state index in [4.69, 9.17) is 5.11 Å². The fraction of sp³-hybridized carbons (Fsp3) is 1.00. The smallest absolute Gasteiger partial charge is 0.396 e. The van der Waals surface area contributed by atoms with Gasteiger partial charge >= 0.3 is 6.18 Å². The van der Waals surface area contributed by atoms with Gasteiger partial charge in [-0.15, -0.1) is 0 Å². The van der Waals surface area contributed by atoms with Gasteiger partial charge < -0.3 is 5.11 Å². The molecule has 5 heteroatoms. The van der Waals surface area contributed by atoms with Crippen LogP contribution in [0.3, 0.4) is 0 Å². The quantitative estimate of drug-likeness (QED) is 0.752. The first kappa shape index (κ1) is 10.2. The van der Waals surface area contributed by atoms with Crippen LogP contribution in [0.2, 0.25) is 0 Å². The van der Waals surface area contributed by atoms with Crippen LogP contribution in [0.5, 0.6) is 0 Å². The van der Waals surface area contributed by atoms with E-state index >= 15 is 0 Å². The average Bonchev–Trinajstić information content (AvgIpc) is 2.54. The van der Waals surface area contributed by atoms with Crippen molar-refractivity contribution < 1.29 is 18.3 Å². The predicted octanol–water partition coefficient (Wildman–Crippen LogP) is 1.11. The molecule has 0 aromatic carbocycles. The minimum atomic E-state index is -4.07. The third-order valence-corrected chi connectivity index (χ3v) is 3.31. The third-order valence-electron chi connectivity index (χ3n) is 3.31. The number of piperidine rings is 1. The van der Waals surface area contributed by atoms with E-state index in [0.717, 1.165) is 6.42 Å². The van der Waals surface area contributed by atoms with Crippen molar-refractivity contribution in [2.75, 3.05) is 26.2 Å². The molecule has 1 saturated heterocycles. The van der Waals surface area contributed by atoms with Crippen molar-refractivity contribution in [3.63, 3.8) is 0 Å². The van der Waals surface area contributed by atoms with E-state index in [1.165, 1.54) is 4.90 Å². The molecule has 0 spiro atoms. The number of aliphatic hydroxyl groups is 1. The van der Waals surface area contributed by atoms with Gasteiger partial charge in [0.05, 0.1) is 6.54 Å². The molecule has 2 rings (SSSR count). The summed E-state index contributed by atoms with van der Waals surface area (Å²) in [5, 5.41) is 8.69. The Morgan fingerprint density at radius 1 is 1.21 bits per heavy atom. The maximum absolute atomic E-state index is 12.0. The molecule has 2 aliphatic rings. The van der Waals surface area contributed by atoms with Crippen molar-refractivity contribution in [1.82, 2.24) is 4.90 Å². The summed E-state index contributed by atoms with van der Waals surface area (Å²) in [4.78, 5) is 1.48. The SMILES string of the molecule is OCCC1C2CN(CC(F)(F)F)CC12. The largest absolute Gasteiger partial charge is 0.401 e. The fourth-order valence-corrected chi connectivity index (χ4v) is 2.70. The maximum atomic E-state index is 12.0. The summed E-state index contributed by atoms with van der Waals surface area (Å²) in [5.74, 6) is 1.33. The van der Waals surface area contributed by atoms with Gasteiger partial charge in [0.2, 0.25) is 0 Å². The van der Waals surface area contributed by atoms with Gasteiger partial charge in [-0.2, -0.15) is 13.2 Å². The van der Waals surface area contributed by atoms with Crippen molar-refractivity contribution in [3.05, 3.63) is 0 Å². The van der Waals surface area contributed by atoms with Gasteiger partial charge in [-0.3, -0.25) is 4.90 Å². The van der Waals surface area contributed by atoms with Crippen molar-refractivity contribution >= 4 is 0 Å². The number of fused-ring (bicyclic) bond motifs is 1. The zero-order valence-electron chi connectivity index (χ0n) is 7.80. The minimum absolute atomic E-state index is 0.164. The molecule has 2 nitrogen and oxygen atoms in total. The van der Waals surface area contributed by atoms with Crippen molar-refractivity contribution in [1.29, 1.82) is 0 Å².